The molecule has 16 heavy (non-hydrogen) atoms. The highest BCUT2D eigenvalue weighted by Crippen LogP contribution is 2.25. The first-order valence-corrected chi connectivity index (χ1v) is 6.27. The van der Waals surface area contributed by atoms with Crippen molar-refractivity contribution in [2.24, 2.45) is 5.73 Å². The van der Waals surface area contributed by atoms with Crippen LogP contribution in [0.25, 0.3) is 0 Å². The van der Waals surface area contributed by atoms with Crippen molar-refractivity contribution in [3.8, 4) is 0 Å². The number of rotatable bonds is 9. The molecule has 0 amide bonds. The van der Waals surface area contributed by atoms with Crippen molar-refractivity contribution in [2.45, 2.75) is 50.9 Å². The van der Waals surface area contributed by atoms with Crippen LogP contribution in [-0.2, 0) is 14.2 Å². The van der Waals surface area contributed by atoms with E-state index < -0.39 is 0 Å². The molecule has 3 atom stereocenters. The van der Waals surface area contributed by atoms with Gasteiger partial charge >= 0.3 is 0 Å². The number of hydrogen-bond acceptors (Lipinski definition) is 4. The third-order valence-electron chi connectivity index (χ3n) is 2.97. The van der Waals surface area contributed by atoms with Crippen molar-refractivity contribution in [2.75, 3.05) is 26.9 Å². The minimum absolute atomic E-state index is 0.0665. The molecule has 1 rings (SSSR count). The zero-order valence-corrected chi connectivity index (χ0v) is 10.5. The predicted octanol–water partition coefficient (Wildman–Crippen LogP) is 1.32. The first-order valence-electron chi connectivity index (χ1n) is 6.27. The molecule has 3 unspecified atom stereocenters. The van der Waals surface area contributed by atoms with Gasteiger partial charge in [0.2, 0.25) is 0 Å². The summed E-state index contributed by atoms with van der Waals surface area (Å²) < 4.78 is 16.3. The molecule has 0 saturated heterocycles. The van der Waals surface area contributed by atoms with Crippen molar-refractivity contribution < 1.29 is 14.2 Å². The summed E-state index contributed by atoms with van der Waals surface area (Å²) in [6, 6.07) is 0.132. The van der Waals surface area contributed by atoms with Crippen LogP contribution in [0.1, 0.15) is 32.6 Å². The van der Waals surface area contributed by atoms with Gasteiger partial charge in [0.15, 0.2) is 0 Å². The lowest BCUT2D eigenvalue weighted by Crippen LogP contribution is -2.58. The average Bonchev–Trinajstić information content (AvgIpc) is 2.28. The van der Waals surface area contributed by atoms with Crippen LogP contribution in [0.3, 0.4) is 0 Å². The fraction of sp³-hybridized carbons (Fsp3) is 1.00. The summed E-state index contributed by atoms with van der Waals surface area (Å²) in [5, 5.41) is 0. The minimum atomic E-state index is 0.0665. The molecule has 2 N–H and O–H groups in total. The first kappa shape index (κ1) is 13.9. The highest BCUT2D eigenvalue weighted by atomic mass is 16.6. The summed E-state index contributed by atoms with van der Waals surface area (Å²) in [5.74, 6) is 0. The number of methoxy groups -OCH3 is 1. The van der Waals surface area contributed by atoms with Gasteiger partial charge in [-0.3, -0.25) is 0 Å². The number of ether oxygens (including phenoxy) is 3. The molecule has 4 nitrogen and oxygen atoms in total. The fourth-order valence-electron chi connectivity index (χ4n) is 1.86. The topological polar surface area (TPSA) is 53.7 Å². The molecule has 0 aromatic carbocycles. The Kier molecular flexibility index (Phi) is 6.96. The molecule has 0 aliphatic heterocycles. The molecule has 0 radical (unpaired) electrons. The Hall–Kier alpha value is -0.160. The Morgan fingerprint density at radius 2 is 1.94 bits per heavy atom. The maximum absolute atomic E-state index is 5.88. The van der Waals surface area contributed by atoms with E-state index in [9.17, 15) is 0 Å². The molecule has 96 valence electrons. The van der Waals surface area contributed by atoms with Crippen LogP contribution in [0.4, 0.5) is 0 Å². The Bertz CT molecular complexity index is 178. The minimum Gasteiger partial charge on any atom is -0.382 e. The monoisotopic (exact) mass is 231 g/mol. The van der Waals surface area contributed by atoms with E-state index in [2.05, 4.69) is 6.92 Å². The van der Waals surface area contributed by atoms with E-state index in [-0.39, 0.29) is 18.2 Å². The highest BCUT2D eigenvalue weighted by molar-refractivity contribution is 4.95. The lowest BCUT2D eigenvalue weighted by molar-refractivity contribution is -0.145. The maximum atomic E-state index is 5.88. The predicted molar refractivity (Wildman–Crippen MR) is 63.5 cm³/mol. The van der Waals surface area contributed by atoms with Crippen molar-refractivity contribution >= 4 is 0 Å². The zero-order chi connectivity index (χ0) is 11.8. The fourth-order valence-corrected chi connectivity index (χ4v) is 1.86. The van der Waals surface area contributed by atoms with Gasteiger partial charge in [-0.05, 0) is 12.8 Å². The normalized spacial score (nSPS) is 29.1. The second kappa shape index (κ2) is 8.01. The lowest BCUT2D eigenvalue weighted by atomic mass is 9.86. The Labute approximate surface area is 98.4 Å². The van der Waals surface area contributed by atoms with E-state index in [1.807, 2.05) is 0 Å². The standard InChI is InChI=1S/C12H25NO3/c1-3-4-5-6-15-11-9-10(13)12(11)16-8-7-14-2/h10-12H,3-9,13H2,1-2H3. The molecule has 0 aromatic rings. The van der Waals surface area contributed by atoms with Gasteiger partial charge in [-0.1, -0.05) is 19.8 Å². The molecule has 4 heteroatoms. The number of hydrogen-bond donors (Lipinski definition) is 1. The van der Waals surface area contributed by atoms with Crippen LogP contribution >= 0.6 is 0 Å². The Morgan fingerprint density at radius 3 is 2.56 bits per heavy atom. The van der Waals surface area contributed by atoms with E-state index >= 15 is 0 Å². The maximum Gasteiger partial charge on any atom is 0.0989 e. The SMILES string of the molecule is CCCCCOC1CC(N)C1OCCOC. The van der Waals surface area contributed by atoms with Crippen LogP contribution in [0.15, 0.2) is 0 Å². The van der Waals surface area contributed by atoms with Gasteiger partial charge in [-0.15, -0.1) is 0 Å². The molecule has 1 aliphatic carbocycles. The Morgan fingerprint density at radius 1 is 1.12 bits per heavy atom. The van der Waals surface area contributed by atoms with E-state index in [1.165, 1.54) is 12.8 Å². The van der Waals surface area contributed by atoms with Gasteiger partial charge in [0.25, 0.3) is 0 Å². The molecular weight excluding hydrogens is 206 g/mol. The largest absolute Gasteiger partial charge is 0.382 e. The molecule has 0 aromatic heterocycles. The lowest BCUT2D eigenvalue weighted by Gasteiger charge is -2.41. The number of nitrogens with two attached hydrogens (primary N) is 1. The number of unbranched alkanes of at least 4 members (excludes halogenated alkanes) is 2. The van der Waals surface area contributed by atoms with Crippen molar-refractivity contribution in [1.82, 2.24) is 0 Å². The summed E-state index contributed by atoms with van der Waals surface area (Å²) >= 11 is 0. The van der Waals surface area contributed by atoms with Crippen LogP contribution in [0.5, 0.6) is 0 Å². The second-order valence-electron chi connectivity index (χ2n) is 4.34. The smallest absolute Gasteiger partial charge is 0.0989 e. The summed E-state index contributed by atoms with van der Waals surface area (Å²) in [4.78, 5) is 0. The molecule has 1 fully saturated rings. The third-order valence-corrected chi connectivity index (χ3v) is 2.97. The van der Waals surface area contributed by atoms with E-state index in [4.69, 9.17) is 19.9 Å². The summed E-state index contributed by atoms with van der Waals surface area (Å²) in [7, 11) is 1.67. The summed E-state index contributed by atoms with van der Waals surface area (Å²) in [6.07, 6.45) is 4.77. The van der Waals surface area contributed by atoms with Crippen molar-refractivity contribution in [3.63, 3.8) is 0 Å². The van der Waals surface area contributed by atoms with Gasteiger partial charge in [-0.2, -0.15) is 0 Å². The first-order chi connectivity index (χ1) is 7.79. The summed E-state index contributed by atoms with van der Waals surface area (Å²) in [5.41, 5.74) is 5.88. The van der Waals surface area contributed by atoms with Crippen LogP contribution in [-0.4, -0.2) is 45.2 Å². The second-order valence-corrected chi connectivity index (χ2v) is 4.34. The van der Waals surface area contributed by atoms with E-state index in [1.54, 1.807) is 7.11 Å². The summed E-state index contributed by atoms with van der Waals surface area (Å²) in [6.45, 7) is 4.24. The zero-order valence-electron chi connectivity index (χ0n) is 10.5. The van der Waals surface area contributed by atoms with Crippen molar-refractivity contribution in [1.29, 1.82) is 0 Å². The van der Waals surface area contributed by atoms with Crippen molar-refractivity contribution in [3.05, 3.63) is 0 Å². The molecule has 1 aliphatic rings. The van der Waals surface area contributed by atoms with Crippen LogP contribution < -0.4 is 5.73 Å². The van der Waals surface area contributed by atoms with Crippen LogP contribution in [0, 0.1) is 0 Å². The molecule has 0 spiro atoms. The molecule has 0 heterocycles. The van der Waals surface area contributed by atoms with E-state index in [0.29, 0.717) is 13.2 Å². The van der Waals surface area contributed by atoms with Gasteiger partial charge in [0.1, 0.15) is 0 Å². The van der Waals surface area contributed by atoms with E-state index in [0.717, 1.165) is 19.4 Å². The molecule has 0 bridgehead atoms. The highest BCUT2D eigenvalue weighted by Gasteiger charge is 2.40. The molecular formula is C12H25NO3. The van der Waals surface area contributed by atoms with Crippen LogP contribution in [0.2, 0.25) is 0 Å². The van der Waals surface area contributed by atoms with Gasteiger partial charge < -0.3 is 19.9 Å². The Balaban J connectivity index is 2.07. The molecule has 1 saturated carbocycles. The van der Waals surface area contributed by atoms with Gasteiger partial charge in [0, 0.05) is 19.8 Å². The van der Waals surface area contributed by atoms with Gasteiger partial charge in [0.05, 0.1) is 25.4 Å². The quantitative estimate of drug-likeness (QED) is 0.608. The average molecular weight is 231 g/mol. The third kappa shape index (κ3) is 4.37. The van der Waals surface area contributed by atoms with Gasteiger partial charge in [-0.25, -0.2) is 0 Å².